The van der Waals surface area contributed by atoms with E-state index in [4.69, 9.17) is 5.73 Å². The van der Waals surface area contributed by atoms with E-state index in [0.717, 1.165) is 11.3 Å². The minimum absolute atomic E-state index is 0.0330. The van der Waals surface area contributed by atoms with E-state index in [9.17, 15) is 4.79 Å². The molecule has 4 heteroatoms. The molecular weight excluding hydrogens is 214 g/mol. The number of rotatable bonds is 2. The number of aryl methyl sites for hydroxylation is 1. The van der Waals surface area contributed by atoms with Gasteiger partial charge in [-0.2, -0.15) is 0 Å². The third kappa shape index (κ3) is 2.47. The van der Waals surface area contributed by atoms with Crippen LogP contribution in [0.2, 0.25) is 0 Å². The van der Waals surface area contributed by atoms with Gasteiger partial charge in [0.25, 0.3) is 0 Å². The van der Waals surface area contributed by atoms with Crippen LogP contribution in [0.1, 0.15) is 23.1 Å². The van der Waals surface area contributed by atoms with Crippen LogP contribution in [0.4, 0.5) is 5.82 Å². The number of aromatic nitrogens is 2. The highest BCUT2D eigenvalue weighted by Crippen LogP contribution is 2.20. The number of carbonyl (C=O) groups excluding carboxylic acids is 1. The standard InChI is InChI=1S/C13H13N3O/c1-8(17)10-4-3-5-11(6-10)12-7-13(14)16-9(2)15-12/h3-7H,1-2H3,(H2,14,15,16). The fraction of sp³-hybridized carbons (Fsp3) is 0.154. The molecule has 0 atom stereocenters. The molecule has 0 aliphatic heterocycles. The highest BCUT2D eigenvalue weighted by atomic mass is 16.1. The summed E-state index contributed by atoms with van der Waals surface area (Å²) in [5.41, 5.74) is 7.95. The van der Waals surface area contributed by atoms with Crippen LogP contribution in [0.25, 0.3) is 11.3 Å². The van der Waals surface area contributed by atoms with E-state index in [1.165, 1.54) is 0 Å². The van der Waals surface area contributed by atoms with E-state index in [1.54, 1.807) is 26.0 Å². The summed E-state index contributed by atoms with van der Waals surface area (Å²) in [5.74, 6) is 1.08. The monoisotopic (exact) mass is 227 g/mol. The molecule has 0 spiro atoms. The lowest BCUT2D eigenvalue weighted by Gasteiger charge is -2.04. The number of hydrogen-bond acceptors (Lipinski definition) is 4. The predicted octanol–water partition coefficient (Wildman–Crippen LogP) is 2.24. The zero-order valence-electron chi connectivity index (χ0n) is 9.77. The molecule has 0 unspecified atom stereocenters. The minimum Gasteiger partial charge on any atom is -0.384 e. The van der Waals surface area contributed by atoms with E-state index in [2.05, 4.69) is 9.97 Å². The number of nitrogens with zero attached hydrogens (tertiary/aromatic N) is 2. The van der Waals surface area contributed by atoms with Crippen LogP contribution in [0.5, 0.6) is 0 Å². The molecule has 2 rings (SSSR count). The Labute approximate surface area is 99.5 Å². The van der Waals surface area contributed by atoms with E-state index in [-0.39, 0.29) is 5.78 Å². The van der Waals surface area contributed by atoms with Crippen molar-refractivity contribution in [3.05, 3.63) is 41.7 Å². The Morgan fingerprint density at radius 3 is 2.65 bits per heavy atom. The molecule has 0 amide bonds. The molecule has 4 nitrogen and oxygen atoms in total. The summed E-state index contributed by atoms with van der Waals surface area (Å²) in [6.45, 7) is 3.33. The topological polar surface area (TPSA) is 68.9 Å². The van der Waals surface area contributed by atoms with Gasteiger partial charge in [-0.25, -0.2) is 9.97 Å². The summed E-state index contributed by atoms with van der Waals surface area (Å²) >= 11 is 0. The first-order valence-electron chi connectivity index (χ1n) is 5.29. The van der Waals surface area contributed by atoms with Gasteiger partial charge in [0, 0.05) is 17.2 Å². The molecule has 0 aliphatic carbocycles. The van der Waals surface area contributed by atoms with Gasteiger partial charge in [-0.05, 0) is 19.9 Å². The number of nitrogens with two attached hydrogens (primary N) is 1. The van der Waals surface area contributed by atoms with Gasteiger partial charge in [-0.3, -0.25) is 4.79 Å². The van der Waals surface area contributed by atoms with Gasteiger partial charge >= 0.3 is 0 Å². The number of carbonyl (C=O) groups is 1. The zero-order chi connectivity index (χ0) is 12.4. The van der Waals surface area contributed by atoms with Crippen LogP contribution in [0.15, 0.2) is 30.3 Å². The molecule has 1 heterocycles. The second-order valence-corrected chi connectivity index (χ2v) is 3.86. The lowest BCUT2D eigenvalue weighted by atomic mass is 10.1. The normalized spacial score (nSPS) is 10.2. The number of Topliss-reactive ketones (excluding diaryl/α,β-unsaturated/α-hetero) is 1. The van der Waals surface area contributed by atoms with Crippen LogP contribution in [0, 0.1) is 6.92 Å². The summed E-state index contributed by atoms with van der Waals surface area (Å²) in [6.07, 6.45) is 0. The zero-order valence-corrected chi connectivity index (χ0v) is 9.77. The van der Waals surface area contributed by atoms with Gasteiger partial charge < -0.3 is 5.73 Å². The molecule has 0 saturated heterocycles. The first-order valence-corrected chi connectivity index (χ1v) is 5.29. The van der Waals surface area contributed by atoms with E-state index in [0.29, 0.717) is 17.2 Å². The summed E-state index contributed by atoms with van der Waals surface area (Å²) in [7, 11) is 0. The maximum Gasteiger partial charge on any atom is 0.159 e. The maximum absolute atomic E-state index is 11.3. The van der Waals surface area contributed by atoms with Gasteiger partial charge in [0.1, 0.15) is 11.6 Å². The van der Waals surface area contributed by atoms with Crippen LogP contribution >= 0.6 is 0 Å². The molecule has 0 fully saturated rings. The third-order valence-corrected chi connectivity index (χ3v) is 2.42. The molecule has 1 aromatic carbocycles. The number of hydrogen-bond donors (Lipinski definition) is 1. The van der Waals surface area contributed by atoms with E-state index in [1.807, 2.05) is 18.2 Å². The SMILES string of the molecule is CC(=O)c1cccc(-c2cc(N)nc(C)n2)c1. The lowest BCUT2D eigenvalue weighted by molar-refractivity contribution is 0.101. The average Bonchev–Trinajstić information content (AvgIpc) is 2.28. The average molecular weight is 227 g/mol. The molecule has 2 N–H and O–H groups in total. The van der Waals surface area contributed by atoms with Gasteiger partial charge in [0.05, 0.1) is 5.69 Å². The Kier molecular flexibility index (Phi) is 2.87. The Morgan fingerprint density at radius 1 is 1.24 bits per heavy atom. The highest BCUT2D eigenvalue weighted by molar-refractivity contribution is 5.95. The molecule has 17 heavy (non-hydrogen) atoms. The van der Waals surface area contributed by atoms with Crippen molar-refractivity contribution in [3.63, 3.8) is 0 Å². The molecule has 0 aliphatic rings. The highest BCUT2D eigenvalue weighted by Gasteiger charge is 2.05. The van der Waals surface area contributed by atoms with Gasteiger partial charge in [-0.1, -0.05) is 18.2 Å². The fourth-order valence-electron chi connectivity index (χ4n) is 1.64. The van der Waals surface area contributed by atoms with E-state index >= 15 is 0 Å². The second kappa shape index (κ2) is 4.33. The molecule has 86 valence electrons. The second-order valence-electron chi connectivity index (χ2n) is 3.86. The van der Waals surface area contributed by atoms with Crippen LogP contribution in [-0.2, 0) is 0 Å². The summed E-state index contributed by atoms with van der Waals surface area (Å²) < 4.78 is 0. The van der Waals surface area contributed by atoms with Crippen molar-refractivity contribution in [2.24, 2.45) is 0 Å². The van der Waals surface area contributed by atoms with Crippen molar-refractivity contribution in [2.45, 2.75) is 13.8 Å². The lowest BCUT2D eigenvalue weighted by Crippen LogP contribution is -1.98. The fourth-order valence-corrected chi connectivity index (χ4v) is 1.64. The first-order chi connectivity index (χ1) is 8.06. The Balaban J connectivity index is 2.52. The first kappa shape index (κ1) is 11.3. The summed E-state index contributed by atoms with van der Waals surface area (Å²) in [6, 6.07) is 9.02. The van der Waals surface area contributed by atoms with Crippen molar-refractivity contribution >= 4 is 11.6 Å². The van der Waals surface area contributed by atoms with Crippen molar-refractivity contribution < 1.29 is 4.79 Å². The van der Waals surface area contributed by atoms with Crippen molar-refractivity contribution in [3.8, 4) is 11.3 Å². The minimum atomic E-state index is 0.0330. The van der Waals surface area contributed by atoms with Crippen LogP contribution in [0.3, 0.4) is 0 Å². The van der Waals surface area contributed by atoms with Crippen molar-refractivity contribution in [2.75, 3.05) is 5.73 Å². The summed E-state index contributed by atoms with van der Waals surface area (Å²) in [5, 5.41) is 0. The molecule has 0 saturated carbocycles. The van der Waals surface area contributed by atoms with E-state index < -0.39 is 0 Å². The van der Waals surface area contributed by atoms with Gasteiger partial charge in [0.15, 0.2) is 5.78 Å². The third-order valence-electron chi connectivity index (χ3n) is 2.42. The van der Waals surface area contributed by atoms with Crippen molar-refractivity contribution in [1.29, 1.82) is 0 Å². The maximum atomic E-state index is 11.3. The van der Waals surface area contributed by atoms with Crippen LogP contribution in [-0.4, -0.2) is 15.8 Å². The Morgan fingerprint density at radius 2 is 2.00 bits per heavy atom. The summed E-state index contributed by atoms with van der Waals surface area (Å²) in [4.78, 5) is 19.6. The Bertz CT molecular complexity index is 558. The van der Waals surface area contributed by atoms with Gasteiger partial charge in [-0.15, -0.1) is 0 Å². The number of anilines is 1. The number of nitrogen functional groups attached to an aromatic ring is 1. The number of benzene rings is 1. The van der Waals surface area contributed by atoms with Gasteiger partial charge in [0.2, 0.25) is 0 Å². The molecular formula is C13H13N3O. The number of ketones is 1. The van der Waals surface area contributed by atoms with Crippen molar-refractivity contribution in [1.82, 2.24) is 9.97 Å². The molecule has 1 aromatic heterocycles. The van der Waals surface area contributed by atoms with Crippen LogP contribution < -0.4 is 5.73 Å². The Hall–Kier alpha value is -2.23. The largest absolute Gasteiger partial charge is 0.384 e. The predicted molar refractivity (Wildman–Crippen MR) is 66.6 cm³/mol. The molecule has 2 aromatic rings. The quantitative estimate of drug-likeness (QED) is 0.799. The molecule has 0 radical (unpaired) electrons. The molecule has 0 bridgehead atoms. The smallest absolute Gasteiger partial charge is 0.159 e.